The molecule has 0 fully saturated rings. The molecule has 1 unspecified atom stereocenters. The van der Waals surface area contributed by atoms with E-state index in [2.05, 4.69) is 5.32 Å². The molecule has 1 aliphatic rings. The molecule has 7 nitrogen and oxygen atoms in total. The topological polar surface area (TPSA) is 89.8 Å². The molecule has 144 valence electrons. The first-order valence-corrected chi connectivity index (χ1v) is 9.05. The molecular formula is C21H20N2O5. The van der Waals surface area contributed by atoms with Crippen LogP contribution in [0.2, 0.25) is 0 Å². The lowest BCUT2D eigenvalue weighted by Crippen LogP contribution is -2.25. The summed E-state index contributed by atoms with van der Waals surface area (Å²) in [7, 11) is 0. The number of aromatic nitrogens is 1. The lowest BCUT2D eigenvalue weighted by molar-refractivity contribution is 0.101. The largest absolute Gasteiger partial charge is 0.486 e. The van der Waals surface area contributed by atoms with Gasteiger partial charge in [-0.3, -0.25) is 9.59 Å². The van der Waals surface area contributed by atoms with E-state index in [-0.39, 0.29) is 18.0 Å². The van der Waals surface area contributed by atoms with Gasteiger partial charge in [0.05, 0.1) is 18.2 Å². The zero-order valence-corrected chi connectivity index (χ0v) is 15.3. The minimum absolute atomic E-state index is 0.207. The van der Waals surface area contributed by atoms with Crippen molar-refractivity contribution in [3.63, 3.8) is 0 Å². The molecule has 7 heteroatoms. The third-order valence-electron chi connectivity index (χ3n) is 4.54. The molecule has 28 heavy (non-hydrogen) atoms. The summed E-state index contributed by atoms with van der Waals surface area (Å²) in [5.74, 6) is 0.617. The van der Waals surface area contributed by atoms with Gasteiger partial charge in [-0.1, -0.05) is 12.1 Å². The van der Waals surface area contributed by atoms with Gasteiger partial charge in [-0.2, -0.15) is 0 Å². The van der Waals surface area contributed by atoms with E-state index >= 15 is 0 Å². The number of carbonyl (C=O) groups excluding carboxylic acids is 1. The van der Waals surface area contributed by atoms with Crippen LogP contribution in [0.3, 0.4) is 0 Å². The molecule has 2 aromatic carbocycles. The highest BCUT2D eigenvalue weighted by Crippen LogP contribution is 2.34. The quantitative estimate of drug-likeness (QED) is 0.726. The Hall–Kier alpha value is -3.32. The minimum atomic E-state index is -0.635. The fraction of sp³-hybridized carbons (Fsp3) is 0.238. The van der Waals surface area contributed by atoms with Gasteiger partial charge in [-0.25, -0.2) is 0 Å². The first-order valence-electron chi connectivity index (χ1n) is 9.05. The van der Waals surface area contributed by atoms with Crippen molar-refractivity contribution in [3.8, 4) is 11.5 Å². The van der Waals surface area contributed by atoms with E-state index in [0.29, 0.717) is 46.7 Å². The van der Waals surface area contributed by atoms with Gasteiger partial charge in [0.25, 0.3) is 11.5 Å². The number of ether oxygens (including phenoxy) is 2. The molecular weight excluding hydrogens is 360 g/mol. The second kappa shape index (κ2) is 7.36. The monoisotopic (exact) mass is 380 g/mol. The number of nitrogens with one attached hydrogen (secondary N) is 1. The number of hydrogen-bond acceptors (Lipinski definition) is 5. The molecule has 2 heterocycles. The smallest absolute Gasteiger partial charge is 0.259 e. The molecule has 0 bridgehead atoms. The van der Waals surface area contributed by atoms with Gasteiger partial charge in [0.1, 0.15) is 13.2 Å². The summed E-state index contributed by atoms with van der Waals surface area (Å²) in [5.41, 5.74) is 0.679. The van der Waals surface area contributed by atoms with Gasteiger partial charge in [0.15, 0.2) is 11.5 Å². The zero-order valence-electron chi connectivity index (χ0n) is 15.3. The van der Waals surface area contributed by atoms with Crippen LogP contribution in [-0.4, -0.2) is 34.9 Å². The van der Waals surface area contributed by atoms with Gasteiger partial charge in [-0.05, 0) is 37.3 Å². The Morgan fingerprint density at radius 1 is 1.14 bits per heavy atom. The van der Waals surface area contributed by atoms with Crippen molar-refractivity contribution >= 4 is 22.4 Å². The number of aliphatic hydroxyl groups is 1. The van der Waals surface area contributed by atoms with Crippen LogP contribution in [0.25, 0.3) is 10.8 Å². The molecule has 0 aliphatic carbocycles. The summed E-state index contributed by atoms with van der Waals surface area (Å²) in [4.78, 5) is 25.5. The van der Waals surface area contributed by atoms with Crippen molar-refractivity contribution in [2.24, 2.45) is 0 Å². The molecule has 1 aliphatic heterocycles. The number of para-hydroxylation sites is 1. The van der Waals surface area contributed by atoms with Crippen molar-refractivity contribution in [3.05, 3.63) is 64.6 Å². The first-order chi connectivity index (χ1) is 13.5. The van der Waals surface area contributed by atoms with Crippen LogP contribution in [0.15, 0.2) is 53.5 Å². The predicted molar refractivity (Wildman–Crippen MR) is 105 cm³/mol. The van der Waals surface area contributed by atoms with Crippen LogP contribution in [0.5, 0.6) is 11.5 Å². The Bertz CT molecular complexity index is 1100. The van der Waals surface area contributed by atoms with Gasteiger partial charge in [-0.15, -0.1) is 0 Å². The second-order valence-electron chi connectivity index (χ2n) is 6.67. The Kier molecular flexibility index (Phi) is 4.75. The van der Waals surface area contributed by atoms with E-state index in [0.717, 1.165) is 0 Å². The molecule has 0 radical (unpaired) electrons. The van der Waals surface area contributed by atoms with E-state index < -0.39 is 6.10 Å². The number of nitrogens with zero attached hydrogens (tertiary/aromatic N) is 1. The maximum absolute atomic E-state index is 12.9. The van der Waals surface area contributed by atoms with Crippen LogP contribution in [0.4, 0.5) is 5.69 Å². The summed E-state index contributed by atoms with van der Waals surface area (Å²) in [6.07, 6.45) is 0.985. The standard InChI is InChI=1S/C21H20N2O5/c1-13(24)12-23-9-8-14-15(21(23)26)4-2-6-17(14)22-20(25)16-5-3-7-18-19(16)28-11-10-27-18/h2-9,13,24H,10-12H2,1H3,(H,22,25). The van der Waals surface area contributed by atoms with Crippen LogP contribution in [0.1, 0.15) is 17.3 Å². The number of pyridine rings is 1. The highest BCUT2D eigenvalue weighted by Gasteiger charge is 2.21. The number of benzene rings is 2. The molecule has 1 atom stereocenters. The number of carbonyl (C=O) groups is 1. The maximum atomic E-state index is 12.9. The van der Waals surface area contributed by atoms with Crippen molar-refractivity contribution < 1.29 is 19.4 Å². The van der Waals surface area contributed by atoms with Crippen molar-refractivity contribution in [2.75, 3.05) is 18.5 Å². The van der Waals surface area contributed by atoms with E-state index in [4.69, 9.17) is 9.47 Å². The van der Waals surface area contributed by atoms with Crippen LogP contribution < -0.4 is 20.3 Å². The molecule has 2 N–H and O–H groups in total. The third-order valence-corrected chi connectivity index (χ3v) is 4.54. The number of anilines is 1. The lowest BCUT2D eigenvalue weighted by Gasteiger charge is -2.20. The maximum Gasteiger partial charge on any atom is 0.259 e. The van der Waals surface area contributed by atoms with Gasteiger partial charge in [0.2, 0.25) is 0 Å². The number of fused-ring (bicyclic) bond motifs is 2. The molecule has 3 aromatic rings. The van der Waals surface area contributed by atoms with E-state index in [9.17, 15) is 14.7 Å². The zero-order chi connectivity index (χ0) is 19.7. The Balaban J connectivity index is 1.70. The number of hydrogen-bond donors (Lipinski definition) is 2. The molecule has 0 spiro atoms. The first kappa shape index (κ1) is 18.1. The molecule has 0 saturated carbocycles. The van der Waals surface area contributed by atoms with Crippen molar-refractivity contribution in [1.82, 2.24) is 4.57 Å². The summed E-state index contributed by atoms with van der Waals surface area (Å²) in [6, 6.07) is 12.1. The third kappa shape index (κ3) is 3.32. The second-order valence-corrected chi connectivity index (χ2v) is 6.67. The SMILES string of the molecule is CC(O)Cn1ccc2c(NC(=O)c3cccc4c3OCCO4)cccc2c1=O. The summed E-state index contributed by atoms with van der Waals surface area (Å²) >= 11 is 0. The van der Waals surface area contributed by atoms with Crippen molar-refractivity contribution in [1.29, 1.82) is 0 Å². The number of aliphatic hydroxyl groups excluding tert-OH is 1. The molecule has 1 aromatic heterocycles. The van der Waals surface area contributed by atoms with Crippen LogP contribution >= 0.6 is 0 Å². The fourth-order valence-corrected chi connectivity index (χ4v) is 3.30. The van der Waals surface area contributed by atoms with Gasteiger partial charge >= 0.3 is 0 Å². The molecule has 0 saturated heterocycles. The van der Waals surface area contributed by atoms with Gasteiger partial charge in [0, 0.05) is 22.7 Å². The highest BCUT2D eigenvalue weighted by atomic mass is 16.6. The van der Waals surface area contributed by atoms with E-state index in [1.165, 1.54) is 4.57 Å². The van der Waals surface area contributed by atoms with Crippen LogP contribution in [0, 0.1) is 0 Å². The van der Waals surface area contributed by atoms with Crippen LogP contribution in [-0.2, 0) is 6.54 Å². The molecule has 4 rings (SSSR count). The van der Waals surface area contributed by atoms with Gasteiger partial charge < -0.3 is 24.5 Å². The van der Waals surface area contributed by atoms with E-state index in [1.54, 1.807) is 55.6 Å². The van der Waals surface area contributed by atoms with E-state index in [1.807, 2.05) is 0 Å². The number of rotatable bonds is 4. The normalized spacial score (nSPS) is 13.9. The van der Waals surface area contributed by atoms with Crippen molar-refractivity contribution in [2.45, 2.75) is 19.6 Å². The Labute approximate surface area is 161 Å². The highest BCUT2D eigenvalue weighted by molar-refractivity contribution is 6.10. The molecule has 1 amide bonds. The summed E-state index contributed by atoms with van der Waals surface area (Å²) < 4.78 is 12.6. The summed E-state index contributed by atoms with van der Waals surface area (Å²) in [5, 5.41) is 13.5. The number of amides is 1. The lowest BCUT2D eigenvalue weighted by atomic mass is 10.1. The average molecular weight is 380 g/mol. The fourth-order valence-electron chi connectivity index (χ4n) is 3.30. The minimum Gasteiger partial charge on any atom is -0.486 e. The Morgan fingerprint density at radius 3 is 2.75 bits per heavy atom. The summed E-state index contributed by atoms with van der Waals surface area (Å²) in [6.45, 7) is 2.66. The Morgan fingerprint density at radius 2 is 1.93 bits per heavy atom. The average Bonchev–Trinajstić information content (AvgIpc) is 2.69. The predicted octanol–water partition coefficient (Wildman–Crippen LogP) is 2.41.